The van der Waals surface area contributed by atoms with E-state index in [1.54, 1.807) is 0 Å². The third-order valence-electron chi connectivity index (χ3n) is 5.00. The number of nitro groups is 1. The van der Waals surface area contributed by atoms with Gasteiger partial charge < -0.3 is 10.2 Å². The molecule has 12 nitrogen and oxygen atoms in total. The van der Waals surface area contributed by atoms with E-state index in [1.165, 1.54) is 38.7 Å². The van der Waals surface area contributed by atoms with Gasteiger partial charge in [-0.2, -0.15) is 4.31 Å². The van der Waals surface area contributed by atoms with E-state index in [-0.39, 0.29) is 61.4 Å². The molecule has 0 spiro atoms. The highest BCUT2D eigenvalue weighted by atomic mass is 32.2. The standard InChI is InChI=1S/C19H24N6O6S2/c1-2-4-17-21-22-19(32-17)20-16(26)7-8-18(27)23-9-11-24(12-10-23)33(30,31)15-6-3-5-14(13-15)25(28)29/h3,5-6,13H,2,4,7-12H2,1H3,(H,20,22,26). The van der Waals surface area contributed by atoms with E-state index >= 15 is 0 Å². The van der Waals surface area contributed by atoms with Gasteiger partial charge in [0.25, 0.3) is 5.69 Å². The lowest BCUT2D eigenvalue weighted by molar-refractivity contribution is -0.385. The molecule has 2 aromatic rings. The predicted molar refractivity (Wildman–Crippen MR) is 120 cm³/mol. The number of hydrogen-bond donors (Lipinski definition) is 1. The predicted octanol–water partition coefficient (Wildman–Crippen LogP) is 1.65. The molecule has 1 aromatic heterocycles. The molecule has 1 aromatic carbocycles. The van der Waals surface area contributed by atoms with Gasteiger partial charge in [-0.05, 0) is 12.5 Å². The number of nitro benzene ring substituents is 1. The normalized spacial score (nSPS) is 14.8. The summed E-state index contributed by atoms with van der Waals surface area (Å²) < 4.78 is 26.8. The maximum Gasteiger partial charge on any atom is 0.270 e. The fraction of sp³-hybridized carbons (Fsp3) is 0.474. The first-order valence-electron chi connectivity index (χ1n) is 10.4. The molecule has 33 heavy (non-hydrogen) atoms. The molecule has 0 aliphatic carbocycles. The van der Waals surface area contributed by atoms with Crippen LogP contribution in [0, 0.1) is 10.1 Å². The Balaban J connectivity index is 1.48. The Morgan fingerprint density at radius 2 is 1.91 bits per heavy atom. The van der Waals surface area contributed by atoms with Crippen molar-refractivity contribution in [1.29, 1.82) is 0 Å². The van der Waals surface area contributed by atoms with Crippen LogP contribution < -0.4 is 5.32 Å². The molecule has 1 saturated heterocycles. The van der Waals surface area contributed by atoms with Gasteiger partial charge in [-0.15, -0.1) is 10.2 Å². The van der Waals surface area contributed by atoms with Crippen LogP contribution in [-0.4, -0.2) is 70.7 Å². The highest BCUT2D eigenvalue weighted by Crippen LogP contribution is 2.22. The number of amides is 2. The van der Waals surface area contributed by atoms with Gasteiger partial charge in [-0.1, -0.05) is 24.3 Å². The van der Waals surface area contributed by atoms with Gasteiger partial charge in [0, 0.05) is 57.6 Å². The zero-order valence-corrected chi connectivity index (χ0v) is 19.6. The molecule has 0 saturated carbocycles. The fourth-order valence-corrected chi connectivity index (χ4v) is 5.58. The summed E-state index contributed by atoms with van der Waals surface area (Å²) in [5, 5.41) is 22.7. The van der Waals surface area contributed by atoms with Crippen LogP contribution in [0.2, 0.25) is 0 Å². The number of aryl methyl sites for hydroxylation is 1. The Kier molecular flexibility index (Phi) is 8.05. The van der Waals surface area contributed by atoms with Crippen molar-refractivity contribution in [2.75, 3.05) is 31.5 Å². The van der Waals surface area contributed by atoms with Crippen molar-refractivity contribution >= 4 is 44.0 Å². The summed E-state index contributed by atoms with van der Waals surface area (Å²) in [6.07, 6.45) is 1.68. The number of rotatable bonds is 9. The van der Waals surface area contributed by atoms with Crippen LogP contribution in [0.4, 0.5) is 10.8 Å². The molecule has 2 heterocycles. The van der Waals surface area contributed by atoms with Crippen LogP contribution in [0.1, 0.15) is 31.2 Å². The minimum atomic E-state index is -3.91. The Morgan fingerprint density at radius 1 is 1.18 bits per heavy atom. The molecule has 1 N–H and O–H groups in total. The minimum Gasteiger partial charge on any atom is -0.340 e. The summed E-state index contributed by atoms with van der Waals surface area (Å²) >= 11 is 1.30. The summed E-state index contributed by atoms with van der Waals surface area (Å²) in [7, 11) is -3.91. The lowest BCUT2D eigenvalue weighted by Crippen LogP contribution is -2.50. The average Bonchev–Trinajstić information content (AvgIpc) is 3.24. The van der Waals surface area contributed by atoms with Crippen molar-refractivity contribution in [3.8, 4) is 0 Å². The second kappa shape index (κ2) is 10.8. The Hall–Kier alpha value is -2.97. The number of non-ortho nitro benzene ring substituents is 1. The minimum absolute atomic E-state index is 0.00984. The summed E-state index contributed by atoms with van der Waals surface area (Å²) in [5.41, 5.74) is -0.307. The summed E-state index contributed by atoms with van der Waals surface area (Å²) in [4.78, 5) is 36.2. The van der Waals surface area contributed by atoms with Crippen LogP contribution in [0.3, 0.4) is 0 Å². The van der Waals surface area contributed by atoms with E-state index in [2.05, 4.69) is 15.5 Å². The molecule has 0 bridgehead atoms. The number of nitrogens with zero attached hydrogens (tertiary/aromatic N) is 5. The first-order valence-corrected chi connectivity index (χ1v) is 12.6. The smallest absolute Gasteiger partial charge is 0.270 e. The van der Waals surface area contributed by atoms with Crippen LogP contribution in [0.15, 0.2) is 29.2 Å². The quantitative estimate of drug-likeness (QED) is 0.406. The zero-order valence-electron chi connectivity index (χ0n) is 18.0. The van der Waals surface area contributed by atoms with Crippen molar-refractivity contribution in [3.05, 3.63) is 39.4 Å². The Labute approximate surface area is 194 Å². The van der Waals surface area contributed by atoms with Gasteiger partial charge in [-0.25, -0.2) is 8.42 Å². The highest BCUT2D eigenvalue weighted by Gasteiger charge is 2.31. The molecular weight excluding hydrogens is 472 g/mol. The number of sulfonamides is 1. The van der Waals surface area contributed by atoms with Crippen LogP contribution in [0.5, 0.6) is 0 Å². The van der Waals surface area contributed by atoms with Crippen molar-refractivity contribution in [2.24, 2.45) is 0 Å². The maximum atomic E-state index is 12.8. The van der Waals surface area contributed by atoms with Crippen LogP contribution in [0.25, 0.3) is 0 Å². The van der Waals surface area contributed by atoms with E-state index in [0.29, 0.717) is 5.13 Å². The lowest BCUT2D eigenvalue weighted by Gasteiger charge is -2.34. The number of carbonyl (C=O) groups excluding carboxylic acids is 2. The number of aromatic nitrogens is 2. The van der Waals surface area contributed by atoms with Gasteiger partial charge in [-0.3, -0.25) is 19.7 Å². The fourth-order valence-electron chi connectivity index (χ4n) is 3.26. The first kappa shape index (κ1) is 24.7. The van der Waals surface area contributed by atoms with Crippen LogP contribution >= 0.6 is 11.3 Å². The molecule has 0 unspecified atom stereocenters. The summed E-state index contributed by atoms with van der Waals surface area (Å²) in [6.45, 7) is 2.49. The molecule has 2 amide bonds. The maximum absolute atomic E-state index is 12.8. The van der Waals surface area contributed by atoms with E-state index in [9.17, 15) is 28.1 Å². The van der Waals surface area contributed by atoms with Crippen molar-refractivity contribution in [1.82, 2.24) is 19.4 Å². The topological polar surface area (TPSA) is 156 Å². The molecule has 0 radical (unpaired) electrons. The molecule has 0 atom stereocenters. The highest BCUT2D eigenvalue weighted by molar-refractivity contribution is 7.89. The van der Waals surface area contributed by atoms with E-state index in [0.717, 1.165) is 23.9 Å². The SMILES string of the molecule is CCCc1nnc(NC(=O)CCC(=O)N2CCN(S(=O)(=O)c3cccc([N+](=O)[O-])c3)CC2)s1. The van der Waals surface area contributed by atoms with Crippen molar-refractivity contribution < 1.29 is 22.9 Å². The monoisotopic (exact) mass is 496 g/mol. The number of carbonyl (C=O) groups is 2. The second-order valence-electron chi connectivity index (χ2n) is 7.34. The lowest BCUT2D eigenvalue weighted by atomic mass is 10.2. The van der Waals surface area contributed by atoms with Crippen molar-refractivity contribution in [2.45, 2.75) is 37.5 Å². The average molecular weight is 497 g/mol. The third-order valence-corrected chi connectivity index (χ3v) is 7.79. The molecule has 1 aliphatic rings. The number of anilines is 1. The number of piperazine rings is 1. The molecular formula is C19H24N6O6S2. The third kappa shape index (κ3) is 6.30. The van der Waals surface area contributed by atoms with Gasteiger partial charge in [0.05, 0.1) is 9.82 Å². The molecule has 178 valence electrons. The number of hydrogen-bond acceptors (Lipinski definition) is 9. The van der Waals surface area contributed by atoms with Crippen molar-refractivity contribution in [3.63, 3.8) is 0 Å². The van der Waals surface area contributed by atoms with Crippen LogP contribution in [-0.2, 0) is 26.0 Å². The molecule has 14 heteroatoms. The van der Waals surface area contributed by atoms with Gasteiger partial charge in [0.1, 0.15) is 5.01 Å². The Morgan fingerprint density at radius 3 is 2.58 bits per heavy atom. The largest absolute Gasteiger partial charge is 0.340 e. The van der Waals surface area contributed by atoms with Gasteiger partial charge >= 0.3 is 0 Å². The van der Waals surface area contributed by atoms with Gasteiger partial charge in [0.2, 0.25) is 27.0 Å². The Bertz CT molecular complexity index is 1130. The van der Waals surface area contributed by atoms with E-state index < -0.39 is 14.9 Å². The molecule has 1 fully saturated rings. The number of benzene rings is 1. The summed E-state index contributed by atoms with van der Waals surface area (Å²) in [5.74, 6) is -0.587. The number of nitrogens with one attached hydrogen (secondary N) is 1. The van der Waals surface area contributed by atoms with E-state index in [1.807, 2.05) is 6.92 Å². The molecule has 3 rings (SSSR count). The second-order valence-corrected chi connectivity index (χ2v) is 10.3. The first-order chi connectivity index (χ1) is 15.7. The summed E-state index contributed by atoms with van der Waals surface area (Å²) in [6, 6.07) is 4.87. The molecule has 1 aliphatic heterocycles. The van der Waals surface area contributed by atoms with Gasteiger partial charge in [0.15, 0.2) is 0 Å². The van der Waals surface area contributed by atoms with E-state index in [4.69, 9.17) is 0 Å². The zero-order chi connectivity index (χ0) is 24.0.